The van der Waals surface area contributed by atoms with E-state index in [9.17, 15) is 4.79 Å². The standard InChI is InChI=1S/C15H22N4O/c1-12-6-4-9-19-11-13(17-15(12)19)10-14(20)16-7-5-8-18(2)3/h4,6,9,11H,5,7-8,10H2,1-3H3,(H,16,20). The first-order chi connectivity index (χ1) is 9.56. The highest BCUT2D eigenvalue weighted by molar-refractivity contribution is 5.78. The molecule has 0 atom stereocenters. The molecular formula is C15H22N4O. The minimum atomic E-state index is 0.0322. The molecule has 1 amide bonds. The molecule has 2 heterocycles. The molecule has 0 aromatic carbocycles. The van der Waals surface area contributed by atoms with E-state index >= 15 is 0 Å². The number of pyridine rings is 1. The highest BCUT2D eigenvalue weighted by atomic mass is 16.1. The number of imidazole rings is 1. The summed E-state index contributed by atoms with van der Waals surface area (Å²) in [5.74, 6) is 0.0322. The molecule has 0 fully saturated rings. The molecule has 2 aromatic rings. The van der Waals surface area contributed by atoms with Crippen molar-refractivity contribution >= 4 is 11.6 Å². The lowest BCUT2D eigenvalue weighted by molar-refractivity contribution is -0.120. The number of aryl methyl sites for hydroxylation is 1. The zero-order valence-electron chi connectivity index (χ0n) is 12.4. The van der Waals surface area contributed by atoms with Gasteiger partial charge in [-0.2, -0.15) is 0 Å². The fraction of sp³-hybridized carbons (Fsp3) is 0.467. The number of amides is 1. The number of aromatic nitrogens is 2. The monoisotopic (exact) mass is 274 g/mol. The number of rotatable bonds is 6. The first-order valence-corrected chi connectivity index (χ1v) is 6.91. The first-order valence-electron chi connectivity index (χ1n) is 6.91. The smallest absolute Gasteiger partial charge is 0.226 e. The predicted octanol–water partition coefficient (Wildman–Crippen LogP) is 1.25. The summed E-state index contributed by atoms with van der Waals surface area (Å²) in [6.07, 6.45) is 5.17. The van der Waals surface area contributed by atoms with Gasteiger partial charge in [-0.15, -0.1) is 0 Å². The van der Waals surface area contributed by atoms with E-state index in [2.05, 4.69) is 15.2 Å². The minimum Gasteiger partial charge on any atom is -0.356 e. The summed E-state index contributed by atoms with van der Waals surface area (Å²) in [5.41, 5.74) is 2.84. The molecule has 1 N–H and O–H groups in total. The summed E-state index contributed by atoms with van der Waals surface area (Å²) in [6, 6.07) is 4.00. The number of hydrogen-bond acceptors (Lipinski definition) is 3. The van der Waals surface area contributed by atoms with Crippen molar-refractivity contribution in [3.63, 3.8) is 0 Å². The van der Waals surface area contributed by atoms with Gasteiger partial charge in [0, 0.05) is 18.9 Å². The Balaban J connectivity index is 1.88. The number of nitrogens with zero attached hydrogens (tertiary/aromatic N) is 3. The van der Waals surface area contributed by atoms with Crippen LogP contribution in [0.3, 0.4) is 0 Å². The second-order valence-electron chi connectivity index (χ2n) is 5.34. The molecule has 0 aliphatic rings. The minimum absolute atomic E-state index is 0.0322. The lowest BCUT2D eigenvalue weighted by atomic mass is 10.3. The van der Waals surface area contributed by atoms with E-state index in [1.807, 2.05) is 49.9 Å². The third kappa shape index (κ3) is 3.81. The molecule has 108 valence electrons. The van der Waals surface area contributed by atoms with Crippen molar-refractivity contribution in [2.24, 2.45) is 0 Å². The van der Waals surface area contributed by atoms with Gasteiger partial charge < -0.3 is 14.6 Å². The van der Waals surface area contributed by atoms with Crippen molar-refractivity contribution in [3.8, 4) is 0 Å². The number of fused-ring (bicyclic) bond motifs is 1. The van der Waals surface area contributed by atoms with E-state index < -0.39 is 0 Å². The normalized spacial score (nSPS) is 11.2. The van der Waals surface area contributed by atoms with Gasteiger partial charge >= 0.3 is 0 Å². The first kappa shape index (κ1) is 14.5. The Morgan fingerprint density at radius 1 is 1.45 bits per heavy atom. The Bertz CT molecular complexity index is 589. The average molecular weight is 274 g/mol. The lowest BCUT2D eigenvalue weighted by Gasteiger charge is -2.09. The third-order valence-corrected chi connectivity index (χ3v) is 3.17. The van der Waals surface area contributed by atoms with Crippen molar-refractivity contribution < 1.29 is 4.79 Å². The van der Waals surface area contributed by atoms with Gasteiger partial charge in [0.1, 0.15) is 5.65 Å². The molecule has 0 aliphatic carbocycles. The molecule has 5 heteroatoms. The lowest BCUT2D eigenvalue weighted by Crippen LogP contribution is -2.28. The third-order valence-electron chi connectivity index (χ3n) is 3.17. The van der Waals surface area contributed by atoms with Crippen LogP contribution in [0.25, 0.3) is 5.65 Å². The highest BCUT2D eigenvalue weighted by Crippen LogP contribution is 2.10. The van der Waals surface area contributed by atoms with E-state index in [0.717, 1.165) is 29.9 Å². The van der Waals surface area contributed by atoms with Crippen LogP contribution in [0.1, 0.15) is 17.7 Å². The van der Waals surface area contributed by atoms with Crippen LogP contribution in [-0.2, 0) is 11.2 Å². The van der Waals surface area contributed by atoms with Gasteiger partial charge in [0.15, 0.2) is 0 Å². The van der Waals surface area contributed by atoms with Crippen molar-refractivity contribution in [1.29, 1.82) is 0 Å². The van der Waals surface area contributed by atoms with Gasteiger partial charge in [-0.25, -0.2) is 4.98 Å². The second kappa shape index (κ2) is 6.52. The van der Waals surface area contributed by atoms with Gasteiger partial charge in [0.2, 0.25) is 5.91 Å². The van der Waals surface area contributed by atoms with Crippen molar-refractivity contribution in [3.05, 3.63) is 35.8 Å². The maximum atomic E-state index is 11.8. The topological polar surface area (TPSA) is 49.6 Å². The Hall–Kier alpha value is -1.88. The van der Waals surface area contributed by atoms with Gasteiger partial charge in [0.05, 0.1) is 12.1 Å². The van der Waals surface area contributed by atoms with Crippen LogP contribution < -0.4 is 5.32 Å². The SMILES string of the molecule is Cc1cccn2cc(CC(=O)NCCCN(C)C)nc12. The van der Waals surface area contributed by atoms with E-state index in [1.54, 1.807) is 0 Å². The van der Waals surface area contributed by atoms with Crippen molar-refractivity contribution in [1.82, 2.24) is 19.6 Å². The van der Waals surface area contributed by atoms with Crippen LogP contribution >= 0.6 is 0 Å². The molecule has 0 bridgehead atoms. The van der Waals surface area contributed by atoms with Crippen LogP contribution in [-0.4, -0.2) is 47.4 Å². The Labute approximate surface area is 119 Å². The summed E-state index contributed by atoms with van der Waals surface area (Å²) >= 11 is 0. The molecule has 0 saturated heterocycles. The average Bonchev–Trinajstić information content (AvgIpc) is 2.78. The second-order valence-corrected chi connectivity index (χ2v) is 5.34. The summed E-state index contributed by atoms with van der Waals surface area (Å²) in [5, 5.41) is 2.93. The fourth-order valence-corrected chi connectivity index (χ4v) is 2.14. The molecule has 5 nitrogen and oxygen atoms in total. The molecule has 0 aliphatic heterocycles. The van der Waals surface area contributed by atoms with Crippen LogP contribution in [0.15, 0.2) is 24.5 Å². The van der Waals surface area contributed by atoms with Crippen LogP contribution in [0.5, 0.6) is 0 Å². The largest absolute Gasteiger partial charge is 0.356 e. The molecular weight excluding hydrogens is 252 g/mol. The zero-order chi connectivity index (χ0) is 14.5. The van der Waals surface area contributed by atoms with E-state index in [-0.39, 0.29) is 5.91 Å². The molecule has 2 aromatic heterocycles. The highest BCUT2D eigenvalue weighted by Gasteiger charge is 2.08. The Kier molecular flexibility index (Phi) is 4.74. The van der Waals surface area contributed by atoms with Crippen molar-refractivity contribution in [2.75, 3.05) is 27.2 Å². The van der Waals surface area contributed by atoms with E-state index in [1.165, 1.54) is 0 Å². The number of nitrogens with one attached hydrogen (secondary N) is 1. The molecule has 20 heavy (non-hydrogen) atoms. The van der Waals surface area contributed by atoms with Gasteiger partial charge in [0.25, 0.3) is 0 Å². The Morgan fingerprint density at radius 2 is 2.25 bits per heavy atom. The summed E-state index contributed by atoms with van der Waals surface area (Å²) in [4.78, 5) is 18.5. The summed E-state index contributed by atoms with van der Waals surface area (Å²) in [7, 11) is 4.06. The van der Waals surface area contributed by atoms with Gasteiger partial charge in [-0.05, 0) is 45.6 Å². The molecule has 0 radical (unpaired) electrons. The van der Waals surface area contributed by atoms with Crippen LogP contribution in [0.2, 0.25) is 0 Å². The number of carbonyl (C=O) groups is 1. The van der Waals surface area contributed by atoms with Gasteiger partial charge in [-0.3, -0.25) is 4.79 Å². The maximum absolute atomic E-state index is 11.8. The molecule has 0 unspecified atom stereocenters. The molecule has 0 spiro atoms. The van der Waals surface area contributed by atoms with Crippen LogP contribution in [0, 0.1) is 6.92 Å². The molecule has 2 rings (SSSR count). The van der Waals surface area contributed by atoms with Crippen LogP contribution in [0.4, 0.5) is 0 Å². The fourth-order valence-electron chi connectivity index (χ4n) is 2.14. The maximum Gasteiger partial charge on any atom is 0.226 e. The quantitative estimate of drug-likeness (QED) is 0.807. The predicted molar refractivity (Wildman–Crippen MR) is 79.8 cm³/mol. The molecule has 0 saturated carbocycles. The zero-order valence-corrected chi connectivity index (χ0v) is 12.4. The van der Waals surface area contributed by atoms with E-state index in [0.29, 0.717) is 13.0 Å². The number of hydrogen-bond donors (Lipinski definition) is 1. The number of carbonyl (C=O) groups excluding carboxylic acids is 1. The summed E-state index contributed by atoms with van der Waals surface area (Å²) < 4.78 is 1.96. The summed E-state index contributed by atoms with van der Waals surface area (Å²) in [6.45, 7) is 3.71. The van der Waals surface area contributed by atoms with Gasteiger partial charge in [-0.1, -0.05) is 6.07 Å². The Morgan fingerprint density at radius 3 is 2.95 bits per heavy atom. The van der Waals surface area contributed by atoms with Crippen molar-refractivity contribution in [2.45, 2.75) is 19.8 Å². The van der Waals surface area contributed by atoms with E-state index in [4.69, 9.17) is 0 Å².